The lowest BCUT2D eigenvalue weighted by molar-refractivity contribution is -0.121. The molecule has 0 aliphatic carbocycles. The van der Waals surface area contributed by atoms with E-state index in [2.05, 4.69) is 10.6 Å². The van der Waals surface area contributed by atoms with Gasteiger partial charge in [0.05, 0.1) is 13.2 Å². The van der Waals surface area contributed by atoms with Crippen molar-refractivity contribution < 1.29 is 19.1 Å². The van der Waals surface area contributed by atoms with Gasteiger partial charge in [-0.1, -0.05) is 6.07 Å². The van der Waals surface area contributed by atoms with Gasteiger partial charge < -0.3 is 20.1 Å². The Morgan fingerprint density at radius 3 is 2.75 bits per heavy atom. The van der Waals surface area contributed by atoms with Gasteiger partial charge in [-0.05, 0) is 25.1 Å². The van der Waals surface area contributed by atoms with E-state index in [1.54, 1.807) is 31.4 Å². The number of methoxy groups -OCH3 is 1. The summed E-state index contributed by atoms with van der Waals surface area (Å²) in [4.78, 5) is 23.3. The van der Waals surface area contributed by atoms with Gasteiger partial charge >= 0.3 is 0 Å². The Bertz CT molecular complexity index is 449. The van der Waals surface area contributed by atoms with Crippen LogP contribution in [0.5, 0.6) is 0 Å². The number of anilines is 1. The summed E-state index contributed by atoms with van der Waals surface area (Å²) in [6, 6.07) is 6.75. The Balaban J connectivity index is 2.49. The third-order valence-corrected chi connectivity index (χ3v) is 2.41. The van der Waals surface area contributed by atoms with Crippen molar-refractivity contribution in [3.05, 3.63) is 29.8 Å². The van der Waals surface area contributed by atoms with Gasteiger partial charge in [-0.25, -0.2) is 0 Å². The number of nitrogens with one attached hydrogen (secondary N) is 2. The monoisotopic (exact) mass is 280 g/mol. The van der Waals surface area contributed by atoms with Crippen LogP contribution in [-0.4, -0.2) is 45.3 Å². The maximum atomic E-state index is 11.7. The minimum atomic E-state index is -0.269. The molecule has 1 rings (SSSR count). The van der Waals surface area contributed by atoms with Gasteiger partial charge in [0.25, 0.3) is 5.91 Å². The first-order valence-electron chi connectivity index (χ1n) is 6.42. The van der Waals surface area contributed by atoms with Crippen LogP contribution in [0.3, 0.4) is 0 Å². The Morgan fingerprint density at radius 2 is 2.05 bits per heavy atom. The van der Waals surface area contributed by atoms with E-state index in [0.29, 0.717) is 31.0 Å². The summed E-state index contributed by atoms with van der Waals surface area (Å²) >= 11 is 0. The molecule has 6 heteroatoms. The van der Waals surface area contributed by atoms with Crippen molar-refractivity contribution in [2.45, 2.75) is 6.92 Å². The predicted octanol–water partition coefficient (Wildman–Crippen LogP) is 1.04. The summed E-state index contributed by atoms with van der Waals surface area (Å²) in [6.45, 7) is 3.17. The first-order valence-corrected chi connectivity index (χ1v) is 6.42. The molecule has 2 N–H and O–H groups in total. The first-order chi connectivity index (χ1) is 9.67. The van der Waals surface area contributed by atoms with Gasteiger partial charge in [0.1, 0.15) is 6.61 Å². The van der Waals surface area contributed by atoms with E-state index in [-0.39, 0.29) is 18.4 Å². The molecule has 0 aliphatic rings. The highest BCUT2D eigenvalue weighted by Crippen LogP contribution is 2.10. The molecular formula is C14H20N2O4. The molecule has 0 radical (unpaired) electrons. The maximum Gasteiger partial charge on any atom is 0.251 e. The number of ether oxygens (including phenoxy) is 2. The summed E-state index contributed by atoms with van der Waals surface area (Å²) in [5.41, 5.74) is 1.07. The SMILES string of the molecule is CCNC(=O)c1cccc(NC(=O)COCCOC)c1. The van der Waals surface area contributed by atoms with Crippen molar-refractivity contribution in [3.63, 3.8) is 0 Å². The summed E-state index contributed by atoms with van der Waals surface area (Å²) < 4.78 is 9.91. The molecular weight excluding hydrogens is 260 g/mol. The lowest BCUT2D eigenvalue weighted by atomic mass is 10.2. The van der Waals surface area contributed by atoms with E-state index in [0.717, 1.165) is 0 Å². The maximum absolute atomic E-state index is 11.7. The Morgan fingerprint density at radius 1 is 1.25 bits per heavy atom. The fourth-order valence-corrected chi connectivity index (χ4v) is 1.51. The molecule has 0 aromatic heterocycles. The average molecular weight is 280 g/mol. The minimum absolute atomic E-state index is 0.0469. The lowest BCUT2D eigenvalue weighted by Gasteiger charge is -2.08. The van der Waals surface area contributed by atoms with Crippen molar-refractivity contribution in [1.29, 1.82) is 0 Å². The zero-order chi connectivity index (χ0) is 14.8. The second-order valence-corrected chi connectivity index (χ2v) is 4.03. The molecule has 0 aliphatic heterocycles. The van der Waals surface area contributed by atoms with Crippen LogP contribution in [0.4, 0.5) is 5.69 Å². The average Bonchev–Trinajstić information content (AvgIpc) is 2.44. The predicted molar refractivity (Wildman–Crippen MR) is 75.8 cm³/mol. The van der Waals surface area contributed by atoms with Crippen LogP contribution in [0, 0.1) is 0 Å². The van der Waals surface area contributed by atoms with E-state index in [9.17, 15) is 9.59 Å². The van der Waals surface area contributed by atoms with Gasteiger partial charge in [-0.2, -0.15) is 0 Å². The zero-order valence-electron chi connectivity index (χ0n) is 11.8. The van der Waals surface area contributed by atoms with Crippen LogP contribution in [-0.2, 0) is 14.3 Å². The number of hydrogen-bond acceptors (Lipinski definition) is 4. The van der Waals surface area contributed by atoms with Crippen molar-refractivity contribution in [1.82, 2.24) is 5.32 Å². The number of benzene rings is 1. The van der Waals surface area contributed by atoms with Gasteiger partial charge in [0.15, 0.2) is 0 Å². The zero-order valence-corrected chi connectivity index (χ0v) is 11.8. The fraction of sp³-hybridized carbons (Fsp3) is 0.429. The topological polar surface area (TPSA) is 76.7 Å². The van der Waals surface area contributed by atoms with E-state index >= 15 is 0 Å². The van der Waals surface area contributed by atoms with Crippen molar-refractivity contribution in [2.24, 2.45) is 0 Å². The number of carbonyl (C=O) groups excluding carboxylic acids is 2. The van der Waals surface area contributed by atoms with Gasteiger partial charge in [-0.15, -0.1) is 0 Å². The highest BCUT2D eigenvalue weighted by atomic mass is 16.5. The normalized spacial score (nSPS) is 10.1. The second kappa shape index (κ2) is 9.06. The number of carbonyl (C=O) groups is 2. The molecule has 0 heterocycles. The molecule has 110 valence electrons. The largest absolute Gasteiger partial charge is 0.382 e. The lowest BCUT2D eigenvalue weighted by Crippen LogP contribution is -2.23. The number of rotatable bonds is 8. The Hall–Kier alpha value is -1.92. The summed E-state index contributed by atoms with van der Waals surface area (Å²) in [5, 5.41) is 5.37. The summed E-state index contributed by atoms with van der Waals surface area (Å²) in [7, 11) is 1.57. The van der Waals surface area contributed by atoms with E-state index in [1.807, 2.05) is 6.92 Å². The van der Waals surface area contributed by atoms with Crippen molar-refractivity contribution in [2.75, 3.05) is 38.8 Å². The summed E-state index contributed by atoms with van der Waals surface area (Å²) in [5.74, 6) is -0.436. The minimum Gasteiger partial charge on any atom is -0.382 e. The van der Waals surface area contributed by atoms with Crippen LogP contribution >= 0.6 is 0 Å². The third kappa shape index (κ3) is 5.81. The molecule has 0 unspecified atom stereocenters. The molecule has 0 saturated carbocycles. The molecule has 6 nitrogen and oxygen atoms in total. The fourth-order valence-electron chi connectivity index (χ4n) is 1.51. The molecule has 1 aromatic rings. The van der Waals surface area contributed by atoms with E-state index in [1.165, 1.54) is 0 Å². The smallest absolute Gasteiger partial charge is 0.251 e. The van der Waals surface area contributed by atoms with Crippen LogP contribution < -0.4 is 10.6 Å². The van der Waals surface area contributed by atoms with E-state index in [4.69, 9.17) is 9.47 Å². The molecule has 0 spiro atoms. The van der Waals surface area contributed by atoms with Gasteiger partial charge in [0.2, 0.25) is 5.91 Å². The molecule has 0 saturated heterocycles. The highest BCUT2D eigenvalue weighted by Gasteiger charge is 2.07. The third-order valence-electron chi connectivity index (χ3n) is 2.41. The highest BCUT2D eigenvalue weighted by molar-refractivity contribution is 5.97. The van der Waals surface area contributed by atoms with E-state index < -0.39 is 0 Å². The van der Waals surface area contributed by atoms with Gasteiger partial charge in [-0.3, -0.25) is 9.59 Å². The Labute approximate surface area is 118 Å². The number of amides is 2. The van der Waals surface area contributed by atoms with Crippen LogP contribution in [0.2, 0.25) is 0 Å². The summed E-state index contributed by atoms with van der Waals surface area (Å²) in [6.07, 6.45) is 0. The number of hydrogen-bond donors (Lipinski definition) is 2. The van der Waals surface area contributed by atoms with Crippen molar-refractivity contribution >= 4 is 17.5 Å². The molecule has 0 atom stereocenters. The molecule has 2 amide bonds. The van der Waals surface area contributed by atoms with Gasteiger partial charge in [0, 0.05) is 24.9 Å². The van der Waals surface area contributed by atoms with Crippen LogP contribution in [0.15, 0.2) is 24.3 Å². The standard InChI is InChI=1S/C14H20N2O4/c1-3-15-14(18)11-5-4-6-12(9-11)16-13(17)10-20-8-7-19-2/h4-6,9H,3,7-8,10H2,1-2H3,(H,15,18)(H,16,17). The van der Waals surface area contributed by atoms with Crippen molar-refractivity contribution in [3.8, 4) is 0 Å². The van der Waals surface area contributed by atoms with Crippen LogP contribution in [0.25, 0.3) is 0 Å². The van der Waals surface area contributed by atoms with Crippen LogP contribution in [0.1, 0.15) is 17.3 Å². The Kier molecular flexibility index (Phi) is 7.31. The molecule has 0 fully saturated rings. The molecule has 0 bridgehead atoms. The quantitative estimate of drug-likeness (QED) is 0.698. The second-order valence-electron chi connectivity index (χ2n) is 4.03. The molecule has 20 heavy (non-hydrogen) atoms. The molecule has 1 aromatic carbocycles. The first kappa shape index (κ1) is 16.1.